The van der Waals surface area contributed by atoms with Crippen LogP contribution in [0, 0.1) is 6.92 Å². The molecule has 1 aromatic rings. The molecule has 1 aromatic heterocycles. The Balaban J connectivity index is 3.14. The van der Waals surface area contributed by atoms with Gasteiger partial charge in [-0.15, -0.1) is 0 Å². The fraction of sp³-hybridized carbons (Fsp3) is 0.455. The van der Waals surface area contributed by atoms with Gasteiger partial charge in [0, 0.05) is 6.20 Å². The Bertz CT molecular complexity index is 363. The number of pyridine rings is 1. The van der Waals surface area contributed by atoms with Crippen molar-refractivity contribution in [2.45, 2.75) is 33.2 Å². The molecule has 82 valence electrons. The Morgan fingerprint density at radius 3 is 2.60 bits per heavy atom. The van der Waals surface area contributed by atoms with Crippen LogP contribution >= 0.6 is 0 Å². The highest BCUT2D eigenvalue weighted by molar-refractivity contribution is 5.98. The van der Waals surface area contributed by atoms with Gasteiger partial charge in [-0.25, -0.2) is 5.84 Å². The van der Waals surface area contributed by atoms with Crippen LogP contribution in [0.1, 0.15) is 32.0 Å². The van der Waals surface area contributed by atoms with E-state index in [0.717, 1.165) is 11.3 Å². The number of aryl methyl sites for hydroxylation is 1. The summed E-state index contributed by atoms with van der Waals surface area (Å²) in [6.07, 6.45) is 1.73. The largest absolute Gasteiger partial charge is 0.307 e. The summed E-state index contributed by atoms with van der Waals surface area (Å²) in [6, 6.07) is 3.88. The maximum absolute atomic E-state index is 5.46. The van der Waals surface area contributed by atoms with E-state index in [1.807, 2.05) is 39.8 Å². The van der Waals surface area contributed by atoms with Gasteiger partial charge in [0.2, 0.25) is 0 Å². The Morgan fingerprint density at radius 1 is 1.47 bits per heavy atom. The summed E-state index contributed by atoms with van der Waals surface area (Å²) < 4.78 is 0. The van der Waals surface area contributed by atoms with E-state index in [1.165, 1.54) is 0 Å². The quantitative estimate of drug-likeness (QED) is 0.316. The average Bonchev–Trinajstić information content (AvgIpc) is 2.14. The van der Waals surface area contributed by atoms with E-state index in [1.54, 1.807) is 6.20 Å². The SMILES string of the molecule is Cc1cccnc1C(=NC(C)(C)C)NN. The Labute approximate surface area is 90.6 Å². The van der Waals surface area contributed by atoms with Gasteiger partial charge in [0.05, 0.1) is 5.54 Å². The van der Waals surface area contributed by atoms with Gasteiger partial charge in [-0.1, -0.05) is 6.07 Å². The molecule has 0 unspecified atom stereocenters. The van der Waals surface area contributed by atoms with E-state index in [-0.39, 0.29) is 5.54 Å². The fourth-order valence-corrected chi connectivity index (χ4v) is 1.22. The molecule has 0 aromatic carbocycles. The molecule has 0 atom stereocenters. The second-order valence-electron chi connectivity index (χ2n) is 4.44. The second kappa shape index (κ2) is 4.40. The van der Waals surface area contributed by atoms with Crippen molar-refractivity contribution in [2.75, 3.05) is 0 Å². The van der Waals surface area contributed by atoms with Gasteiger partial charge in [-0.05, 0) is 39.3 Å². The van der Waals surface area contributed by atoms with Crippen LogP contribution in [0.4, 0.5) is 0 Å². The summed E-state index contributed by atoms with van der Waals surface area (Å²) in [5.74, 6) is 6.09. The molecule has 0 amide bonds. The normalized spacial score (nSPS) is 12.7. The number of hydrogen-bond acceptors (Lipinski definition) is 3. The zero-order valence-electron chi connectivity index (χ0n) is 9.70. The molecule has 0 radical (unpaired) electrons. The zero-order chi connectivity index (χ0) is 11.5. The van der Waals surface area contributed by atoms with Crippen molar-refractivity contribution in [3.8, 4) is 0 Å². The van der Waals surface area contributed by atoms with Gasteiger partial charge in [-0.2, -0.15) is 0 Å². The van der Waals surface area contributed by atoms with Crippen LogP contribution in [-0.4, -0.2) is 16.4 Å². The van der Waals surface area contributed by atoms with Crippen molar-refractivity contribution >= 4 is 5.84 Å². The third-order valence-corrected chi connectivity index (χ3v) is 1.82. The zero-order valence-corrected chi connectivity index (χ0v) is 9.70. The minimum atomic E-state index is -0.175. The highest BCUT2D eigenvalue weighted by Crippen LogP contribution is 2.10. The van der Waals surface area contributed by atoms with E-state index in [4.69, 9.17) is 5.84 Å². The molecule has 0 aliphatic rings. The van der Waals surface area contributed by atoms with E-state index in [9.17, 15) is 0 Å². The smallest absolute Gasteiger partial charge is 0.162 e. The summed E-state index contributed by atoms with van der Waals surface area (Å²) in [5.41, 5.74) is 4.28. The fourth-order valence-electron chi connectivity index (χ4n) is 1.22. The van der Waals surface area contributed by atoms with Gasteiger partial charge in [0.1, 0.15) is 5.69 Å². The average molecular weight is 206 g/mol. The summed E-state index contributed by atoms with van der Waals surface area (Å²) >= 11 is 0. The molecular formula is C11H18N4. The van der Waals surface area contributed by atoms with Crippen molar-refractivity contribution in [3.05, 3.63) is 29.6 Å². The van der Waals surface area contributed by atoms with Crippen molar-refractivity contribution in [3.63, 3.8) is 0 Å². The first-order valence-electron chi connectivity index (χ1n) is 4.92. The number of nitrogens with one attached hydrogen (secondary N) is 1. The molecule has 0 fully saturated rings. The van der Waals surface area contributed by atoms with Crippen molar-refractivity contribution in [2.24, 2.45) is 10.8 Å². The molecule has 0 aliphatic heterocycles. The van der Waals surface area contributed by atoms with Crippen molar-refractivity contribution < 1.29 is 0 Å². The predicted octanol–water partition coefficient (Wildman–Crippen LogP) is 1.40. The van der Waals surface area contributed by atoms with Crippen LogP contribution < -0.4 is 11.3 Å². The lowest BCUT2D eigenvalue weighted by Crippen LogP contribution is -2.34. The maximum Gasteiger partial charge on any atom is 0.162 e. The molecular weight excluding hydrogens is 188 g/mol. The van der Waals surface area contributed by atoms with Crippen LogP contribution in [-0.2, 0) is 0 Å². The lowest BCUT2D eigenvalue weighted by Gasteiger charge is -2.16. The van der Waals surface area contributed by atoms with Crippen LogP contribution in [0.3, 0.4) is 0 Å². The number of aliphatic imine (C=N–C) groups is 1. The predicted molar refractivity (Wildman–Crippen MR) is 62.6 cm³/mol. The summed E-state index contributed by atoms with van der Waals surface area (Å²) in [7, 11) is 0. The van der Waals surface area contributed by atoms with E-state index < -0.39 is 0 Å². The minimum absolute atomic E-state index is 0.175. The van der Waals surface area contributed by atoms with Gasteiger partial charge in [0.15, 0.2) is 5.84 Å². The van der Waals surface area contributed by atoms with Crippen molar-refractivity contribution in [1.82, 2.24) is 10.4 Å². The molecule has 1 heterocycles. The number of amidine groups is 1. The monoisotopic (exact) mass is 206 g/mol. The summed E-state index contributed by atoms with van der Waals surface area (Å²) in [4.78, 5) is 8.74. The van der Waals surface area contributed by atoms with E-state index in [2.05, 4.69) is 15.4 Å². The van der Waals surface area contributed by atoms with Crippen LogP contribution in [0.5, 0.6) is 0 Å². The number of nitrogens with two attached hydrogens (primary N) is 1. The van der Waals surface area contributed by atoms with Gasteiger partial charge in [0.25, 0.3) is 0 Å². The topological polar surface area (TPSA) is 63.3 Å². The summed E-state index contributed by atoms with van der Waals surface area (Å²) in [5, 5.41) is 0. The molecule has 3 N–H and O–H groups in total. The number of aromatic nitrogens is 1. The first kappa shape index (κ1) is 11.7. The second-order valence-corrected chi connectivity index (χ2v) is 4.44. The molecule has 0 spiro atoms. The molecule has 0 bridgehead atoms. The summed E-state index contributed by atoms with van der Waals surface area (Å²) in [6.45, 7) is 8.03. The van der Waals surface area contributed by atoms with Crippen molar-refractivity contribution in [1.29, 1.82) is 0 Å². The Hall–Kier alpha value is -1.42. The van der Waals surface area contributed by atoms with Gasteiger partial charge >= 0.3 is 0 Å². The molecule has 15 heavy (non-hydrogen) atoms. The van der Waals surface area contributed by atoms with Crippen LogP contribution in [0.2, 0.25) is 0 Å². The molecule has 0 saturated heterocycles. The Kier molecular flexibility index (Phi) is 3.42. The van der Waals surface area contributed by atoms with Gasteiger partial charge < -0.3 is 5.43 Å². The third kappa shape index (κ3) is 3.32. The highest BCUT2D eigenvalue weighted by atomic mass is 15.3. The number of hydrazine groups is 1. The number of nitrogens with zero attached hydrogens (tertiary/aromatic N) is 2. The molecule has 4 heteroatoms. The van der Waals surface area contributed by atoms with Crippen LogP contribution in [0.15, 0.2) is 23.3 Å². The third-order valence-electron chi connectivity index (χ3n) is 1.82. The van der Waals surface area contributed by atoms with E-state index in [0.29, 0.717) is 5.84 Å². The molecule has 1 rings (SSSR count). The highest BCUT2D eigenvalue weighted by Gasteiger charge is 2.12. The molecule has 0 saturated carbocycles. The molecule has 0 aliphatic carbocycles. The number of rotatable bonds is 1. The maximum atomic E-state index is 5.46. The van der Waals surface area contributed by atoms with Gasteiger partial charge in [-0.3, -0.25) is 9.98 Å². The number of hydrogen-bond donors (Lipinski definition) is 2. The first-order valence-corrected chi connectivity index (χ1v) is 4.92. The first-order chi connectivity index (χ1) is 6.94. The molecule has 4 nitrogen and oxygen atoms in total. The lowest BCUT2D eigenvalue weighted by atomic mass is 10.1. The van der Waals surface area contributed by atoms with E-state index >= 15 is 0 Å². The van der Waals surface area contributed by atoms with Crippen LogP contribution in [0.25, 0.3) is 0 Å². The Morgan fingerprint density at radius 2 is 2.13 bits per heavy atom. The lowest BCUT2D eigenvalue weighted by molar-refractivity contribution is 0.579. The minimum Gasteiger partial charge on any atom is -0.307 e. The standard InChI is InChI=1S/C11H18N4/c1-8-6-5-7-13-9(8)10(15-12)14-11(2,3)4/h5-7H,12H2,1-4H3,(H,14,15).